The average Bonchev–Trinajstić information content (AvgIpc) is 3.61. The number of aromatic nitrogens is 1. The number of hydrogen-bond donors (Lipinski definition) is 0. The summed E-state index contributed by atoms with van der Waals surface area (Å²) >= 11 is 0. The van der Waals surface area contributed by atoms with E-state index >= 15 is 0 Å². The Morgan fingerprint density at radius 3 is 2.43 bits per heavy atom. The van der Waals surface area contributed by atoms with Gasteiger partial charge in [0.15, 0.2) is 5.78 Å². The molecule has 2 unspecified atom stereocenters. The van der Waals surface area contributed by atoms with Crippen LogP contribution in [0, 0.1) is 5.92 Å². The summed E-state index contributed by atoms with van der Waals surface area (Å²) < 4.78 is 14.2. The maximum absolute atomic E-state index is 13.3. The molecule has 5 nitrogen and oxygen atoms in total. The van der Waals surface area contributed by atoms with Crippen molar-refractivity contribution >= 4 is 16.7 Å². The first-order valence-electron chi connectivity index (χ1n) is 13.3. The van der Waals surface area contributed by atoms with E-state index in [4.69, 9.17) is 9.47 Å². The average molecular weight is 473 g/mol. The van der Waals surface area contributed by atoms with Crippen LogP contribution in [-0.2, 0) is 11.3 Å². The lowest BCUT2D eigenvalue weighted by Gasteiger charge is -2.39. The minimum atomic E-state index is 0.0638. The third-order valence-corrected chi connectivity index (χ3v) is 8.28. The molecule has 3 heterocycles. The Hall–Kier alpha value is -2.63. The summed E-state index contributed by atoms with van der Waals surface area (Å²) in [4.78, 5) is 16.1. The normalized spacial score (nSPS) is 24.2. The molecular formula is C30H36N2O3. The zero-order chi connectivity index (χ0) is 23.8. The van der Waals surface area contributed by atoms with Crippen molar-refractivity contribution in [3.05, 3.63) is 65.9 Å². The smallest absolute Gasteiger partial charge is 0.195 e. The molecule has 5 heteroatoms. The van der Waals surface area contributed by atoms with Gasteiger partial charge in [-0.25, -0.2) is 0 Å². The topological polar surface area (TPSA) is 43.7 Å². The number of carbonyl (C=O) groups is 1. The van der Waals surface area contributed by atoms with Crippen molar-refractivity contribution in [3.63, 3.8) is 0 Å². The molecule has 0 radical (unpaired) electrons. The molecule has 3 atom stereocenters. The van der Waals surface area contributed by atoms with Crippen LogP contribution in [-0.4, -0.2) is 53.7 Å². The highest BCUT2D eigenvalue weighted by molar-refractivity contribution is 6.17. The van der Waals surface area contributed by atoms with Gasteiger partial charge in [0.2, 0.25) is 0 Å². The summed E-state index contributed by atoms with van der Waals surface area (Å²) in [6, 6.07) is 16.9. The van der Waals surface area contributed by atoms with E-state index < -0.39 is 0 Å². The number of carbonyl (C=O) groups excluding carboxylic acids is 1. The molecule has 184 valence electrons. The van der Waals surface area contributed by atoms with E-state index in [1.165, 1.54) is 38.5 Å². The van der Waals surface area contributed by atoms with E-state index in [2.05, 4.69) is 9.47 Å². The van der Waals surface area contributed by atoms with Gasteiger partial charge < -0.3 is 14.0 Å². The second kappa shape index (κ2) is 9.79. The predicted molar refractivity (Wildman–Crippen MR) is 138 cm³/mol. The lowest BCUT2D eigenvalue weighted by molar-refractivity contribution is -0.0241. The van der Waals surface area contributed by atoms with Crippen LogP contribution >= 0.6 is 0 Å². The molecule has 6 rings (SSSR count). The highest BCUT2D eigenvalue weighted by Gasteiger charge is 2.41. The van der Waals surface area contributed by atoms with E-state index in [1.54, 1.807) is 7.11 Å². The maximum Gasteiger partial charge on any atom is 0.195 e. The van der Waals surface area contributed by atoms with Crippen LogP contribution in [0.4, 0.5) is 0 Å². The number of fused-ring (bicyclic) bond motifs is 3. The number of rotatable bonds is 10. The zero-order valence-electron chi connectivity index (χ0n) is 20.7. The molecule has 2 bridgehead atoms. The Balaban J connectivity index is 1.16. The molecule has 2 saturated heterocycles. The molecule has 0 amide bonds. The minimum Gasteiger partial charge on any atom is -0.495 e. The Bertz CT molecular complexity index is 1170. The molecule has 2 aliphatic heterocycles. The number of hydrogen-bond acceptors (Lipinski definition) is 4. The van der Waals surface area contributed by atoms with Crippen molar-refractivity contribution in [2.75, 3.05) is 20.3 Å². The van der Waals surface area contributed by atoms with Crippen LogP contribution in [0.15, 0.2) is 54.7 Å². The second-order valence-electron chi connectivity index (χ2n) is 10.6. The Kier molecular flexibility index (Phi) is 6.38. The fraction of sp³-hybridized carbons (Fsp3) is 0.500. The van der Waals surface area contributed by atoms with Gasteiger partial charge in [-0.05, 0) is 56.9 Å². The summed E-state index contributed by atoms with van der Waals surface area (Å²) in [5.41, 5.74) is 2.49. The third kappa shape index (κ3) is 4.64. The molecular weight excluding hydrogens is 436 g/mol. The maximum atomic E-state index is 13.3. The summed E-state index contributed by atoms with van der Waals surface area (Å²) in [5, 5.41) is 0.965. The quantitative estimate of drug-likeness (QED) is 0.356. The van der Waals surface area contributed by atoms with E-state index in [1.807, 2.05) is 54.7 Å². The lowest BCUT2D eigenvalue weighted by atomic mass is 9.99. The van der Waals surface area contributed by atoms with Crippen molar-refractivity contribution in [3.8, 4) is 5.75 Å². The van der Waals surface area contributed by atoms with E-state index in [-0.39, 0.29) is 5.78 Å². The van der Waals surface area contributed by atoms with E-state index in [9.17, 15) is 4.79 Å². The number of piperidine rings is 1. The van der Waals surface area contributed by atoms with Gasteiger partial charge in [0, 0.05) is 54.5 Å². The number of aryl methyl sites for hydroxylation is 1. The van der Waals surface area contributed by atoms with Gasteiger partial charge in [-0.2, -0.15) is 0 Å². The molecule has 3 aliphatic rings. The first kappa shape index (κ1) is 22.8. The van der Waals surface area contributed by atoms with Gasteiger partial charge in [-0.3, -0.25) is 9.69 Å². The van der Waals surface area contributed by atoms with Gasteiger partial charge in [-0.15, -0.1) is 0 Å². The van der Waals surface area contributed by atoms with E-state index in [0.717, 1.165) is 59.8 Å². The van der Waals surface area contributed by atoms with Gasteiger partial charge in [-0.1, -0.05) is 42.5 Å². The van der Waals surface area contributed by atoms with Crippen LogP contribution in [0.3, 0.4) is 0 Å². The zero-order valence-corrected chi connectivity index (χ0v) is 20.7. The molecule has 1 aliphatic carbocycles. The fourth-order valence-electron chi connectivity index (χ4n) is 6.30. The lowest BCUT2D eigenvalue weighted by Crippen LogP contribution is -2.46. The van der Waals surface area contributed by atoms with Crippen molar-refractivity contribution < 1.29 is 14.3 Å². The van der Waals surface area contributed by atoms with Crippen LogP contribution in [0.1, 0.15) is 60.9 Å². The largest absolute Gasteiger partial charge is 0.495 e. The number of nitrogens with zero attached hydrogens (tertiary/aromatic N) is 2. The monoisotopic (exact) mass is 472 g/mol. The van der Waals surface area contributed by atoms with Gasteiger partial charge in [0.05, 0.1) is 18.7 Å². The summed E-state index contributed by atoms with van der Waals surface area (Å²) in [5.74, 6) is 1.73. The van der Waals surface area contributed by atoms with Crippen molar-refractivity contribution in [2.45, 2.75) is 69.7 Å². The first-order chi connectivity index (χ1) is 17.2. The van der Waals surface area contributed by atoms with Crippen molar-refractivity contribution in [1.82, 2.24) is 9.47 Å². The van der Waals surface area contributed by atoms with Crippen LogP contribution in [0.5, 0.6) is 5.75 Å². The number of methoxy groups -OCH3 is 1. The van der Waals surface area contributed by atoms with Gasteiger partial charge in [0.1, 0.15) is 5.75 Å². The van der Waals surface area contributed by atoms with Crippen LogP contribution < -0.4 is 4.74 Å². The molecule has 0 spiro atoms. The molecule has 1 saturated carbocycles. The summed E-state index contributed by atoms with van der Waals surface area (Å²) in [7, 11) is 1.71. The van der Waals surface area contributed by atoms with E-state index in [0.29, 0.717) is 18.2 Å². The highest BCUT2D eigenvalue weighted by atomic mass is 16.5. The Morgan fingerprint density at radius 2 is 1.71 bits per heavy atom. The van der Waals surface area contributed by atoms with Crippen molar-refractivity contribution in [2.24, 2.45) is 5.92 Å². The molecule has 3 fully saturated rings. The van der Waals surface area contributed by atoms with Gasteiger partial charge >= 0.3 is 0 Å². The van der Waals surface area contributed by atoms with Crippen LogP contribution in [0.25, 0.3) is 10.9 Å². The fourth-order valence-corrected chi connectivity index (χ4v) is 6.30. The standard InChI is InChI=1S/C30H36N2O3/c1-34-28-10-5-9-26-27(30(33)22-7-3-2-4-8-22)19-31(29(26)28)15-6-16-32-23-13-14-24(32)18-25(17-23)35-20-21-11-12-21/h2-5,7-10,19,21,23-25H,6,11-18,20H2,1H3/t23-,24?,25?/m1/s1. The third-order valence-electron chi connectivity index (χ3n) is 8.28. The molecule has 3 aromatic rings. The van der Waals surface area contributed by atoms with Crippen molar-refractivity contribution in [1.29, 1.82) is 0 Å². The Morgan fingerprint density at radius 1 is 0.943 bits per heavy atom. The SMILES string of the molecule is COc1cccc2c(C(=O)c3ccccc3)cn(CCCN3C4CC[C@@H]3CC(OCC3CC3)C4)c12. The number of ketones is 1. The number of para-hydroxylation sites is 1. The molecule has 0 N–H and O–H groups in total. The second-order valence-corrected chi connectivity index (χ2v) is 10.6. The highest BCUT2D eigenvalue weighted by Crippen LogP contribution is 2.38. The Labute approximate surface area is 208 Å². The van der Waals surface area contributed by atoms with Crippen LogP contribution in [0.2, 0.25) is 0 Å². The minimum absolute atomic E-state index is 0.0638. The van der Waals surface area contributed by atoms with Gasteiger partial charge in [0.25, 0.3) is 0 Å². The molecule has 35 heavy (non-hydrogen) atoms. The molecule has 2 aromatic carbocycles. The first-order valence-corrected chi connectivity index (χ1v) is 13.3. The summed E-state index contributed by atoms with van der Waals surface area (Å²) in [6.07, 6.45) is 11.3. The number of benzene rings is 2. The number of ether oxygens (including phenoxy) is 2. The predicted octanol–water partition coefficient (Wildman–Crippen LogP) is 5.69. The summed E-state index contributed by atoms with van der Waals surface area (Å²) in [6.45, 7) is 2.95. The molecule has 1 aromatic heterocycles.